The van der Waals surface area contributed by atoms with Crippen LogP contribution in [0.4, 0.5) is 5.69 Å². The lowest BCUT2D eigenvalue weighted by atomic mass is 10.2. The first-order valence-electron chi connectivity index (χ1n) is 6.55. The summed E-state index contributed by atoms with van der Waals surface area (Å²) in [5.74, 6) is 0. The number of nitrogens with two attached hydrogens (primary N) is 1. The molecule has 0 fully saturated rings. The van der Waals surface area contributed by atoms with Gasteiger partial charge in [-0.2, -0.15) is 0 Å². The van der Waals surface area contributed by atoms with Crippen LogP contribution in [0.1, 0.15) is 5.56 Å². The van der Waals surface area contributed by atoms with E-state index in [1.165, 1.54) is 23.8 Å². The summed E-state index contributed by atoms with van der Waals surface area (Å²) in [7, 11) is 0. The van der Waals surface area contributed by atoms with Crippen LogP contribution in [0, 0.1) is 10.1 Å². The first-order chi connectivity index (χ1) is 10.6. The lowest BCUT2D eigenvalue weighted by molar-refractivity contribution is -0.383. The highest BCUT2D eigenvalue weighted by atomic mass is 35.5. The van der Waals surface area contributed by atoms with Gasteiger partial charge in [0.25, 0.3) is 5.69 Å². The van der Waals surface area contributed by atoms with Crippen LogP contribution < -0.4 is 5.73 Å². The molecule has 0 unspecified atom stereocenters. The number of non-ortho nitro benzene ring substituents is 1. The van der Waals surface area contributed by atoms with Crippen molar-refractivity contribution in [2.24, 2.45) is 5.73 Å². The third-order valence-corrected chi connectivity index (χ3v) is 2.91. The number of benzene rings is 2. The highest BCUT2D eigenvalue weighted by Gasteiger charge is 2.15. The summed E-state index contributed by atoms with van der Waals surface area (Å²) in [5, 5.41) is 26.2. The predicted octanol–water partition coefficient (Wildman–Crippen LogP) is 2.19. The molecule has 0 bridgehead atoms. The van der Waals surface area contributed by atoms with Crippen LogP contribution in [0.25, 0.3) is 11.0 Å². The molecular weight excluding hydrogens is 322 g/mol. The Balaban J connectivity index is 0.000000235. The number of nitro groups is 1. The van der Waals surface area contributed by atoms with E-state index in [4.69, 9.17) is 10.9 Å². The van der Waals surface area contributed by atoms with Crippen LogP contribution in [-0.4, -0.2) is 31.8 Å². The van der Waals surface area contributed by atoms with Crippen molar-refractivity contribution in [2.45, 2.75) is 6.42 Å². The molecule has 1 aromatic heterocycles. The monoisotopic (exact) mass is 337 g/mol. The maximum Gasteiger partial charge on any atom is 0.299 e. The molecule has 3 rings (SSSR count). The smallest absolute Gasteiger partial charge is 0.299 e. The lowest BCUT2D eigenvalue weighted by Crippen LogP contribution is -2.01. The molecule has 0 radical (unpaired) electrons. The van der Waals surface area contributed by atoms with E-state index in [9.17, 15) is 10.1 Å². The average molecular weight is 338 g/mol. The summed E-state index contributed by atoms with van der Waals surface area (Å²) in [5.41, 5.74) is 6.81. The van der Waals surface area contributed by atoms with Gasteiger partial charge in [-0.15, -0.1) is 17.5 Å². The van der Waals surface area contributed by atoms with E-state index in [1.54, 1.807) is 0 Å². The van der Waals surface area contributed by atoms with Crippen molar-refractivity contribution in [1.82, 2.24) is 15.2 Å². The van der Waals surface area contributed by atoms with Crippen molar-refractivity contribution < 1.29 is 10.1 Å². The molecule has 9 heteroatoms. The van der Waals surface area contributed by atoms with Gasteiger partial charge in [0, 0.05) is 6.07 Å². The van der Waals surface area contributed by atoms with Gasteiger partial charge in [-0.1, -0.05) is 41.2 Å². The Morgan fingerprint density at radius 3 is 2.48 bits per heavy atom. The predicted molar refractivity (Wildman–Crippen MR) is 87.8 cm³/mol. The molecule has 23 heavy (non-hydrogen) atoms. The maximum atomic E-state index is 10.5. The van der Waals surface area contributed by atoms with Crippen molar-refractivity contribution in [2.75, 3.05) is 6.54 Å². The minimum Gasteiger partial charge on any atom is -0.410 e. The summed E-state index contributed by atoms with van der Waals surface area (Å²) in [6, 6.07) is 14.5. The van der Waals surface area contributed by atoms with Crippen molar-refractivity contribution in [1.29, 1.82) is 0 Å². The fourth-order valence-electron chi connectivity index (χ4n) is 1.88. The molecule has 8 nitrogen and oxygen atoms in total. The molecule has 1 heterocycles. The summed E-state index contributed by atoms with van der Waals surface area (Å²) < 4.78 is 0. The molecule has 0 spiro atoms. The molecule has 3 N–H and O–H groups in total. The average Bonchev–Trinajstić information content (AvgIpc) is 2.91. The standard InChI is InChI=1S/C8H11N.C6H4N4O3.ClH/c9-7-6-8-4-2-1-3-5-8;11-9-4-2-1-3-5(10(12)13)6(4)7-8-9;/h1-5H,6-7,9H2;1-3,11H;1H. The van der Waals surface area contributed by atoms with Crippen LogP contribution in [0.2, 0.25) is 0 Å². The number of halogens is 1. The molecule has 0 saturated heterocycles. The van der Waals surface area contributed by atoms with E-state index >= 15 is 0 Å². The van der Waals surface area contributed by atoms with Gasteiger partial charge >= 0.3 is 0 Å². The second kappa shape index (κ2) is 8.66. The largest absolute Gasteiger partial charge is 0.410 e. The van der Waals surface area contributed by atoms with Crippen molar-refractivity contribution in [3.63, 3.8) is 0 Å². The van der Waals surface area contributed by atoms with E-state index in [0.717, 1.165) is 13.0 Å². The van der Waals surface area contributed by atoms with Gasteiger partial charge in [-0.25, -0.2) is 0 Å². The summed E-state index contributed by atoms with van der Waals surface area (Å²) in [6.45, 7) is 0.740. The normalized spacial score (nSPS) is 9.61. The van der Waals surface area contributed by atoms with E-state index in [1.807, 2.05) is 18.2 Å². The third kappa shape index (κ3) is 4.63. The Labute approximate surface area is 138 Å². The van der Waals surface area contributed by atoms with Crippen molar-refractivity contribution in [3.8, 4) is 0 Å². The number of rotatable bonds is 3. The molecular formula is C14H16ClN5O3. The summed E-state index contributed by atoms with van der Waals surface area (Å²) in [4.78, 5) is 10.4. The van der Waals surface area contributed by atoms with E-state index in [2.05, 4.69) is 22.4 Å². The highest BCUT2D eigenvalue weighted by molar-refractivity contribution is 5.85. The SMILES string of the molecule is Cl.NCCc1ccccc1.O=[N+]([O-])c1cccc2c1nnn2O. The number of hydrogen-bond acceptors (Lipinski definition) is 6. The Kier molecular flexibility index (Phi) is 6.91. The zero-order chi connectivity index (χ0) is 15.9. The Morgan fingerprint density at radius 2 is 1.87 bits per heavy atom. The van der Waals surface area contributed by atoms with E-state index in [0.29, 0.717) is 4.85 Å². The molecule has 0 aliphatic carbocycles. The quantitative estimate of drug-likeness (QED) is 0.429. The first kappa shape index (κ1) is 18.3. The Bertz CT molecular complexity index is 763. The van der Waals surface area contributed by atoms with Gasteiger partial charge in [0.1, 0.15) is 5.52 Å². The maximum absolute atomic E-state index is 10.5. The summed E-state index contributed by atoms with van der Waals surface area (Å²) >= 11 is 0. The van der Waals surface area contributed by atoms with Gasteiger partial charge in [0.2, 0.25) is 0 Å². The van der Waals surface area contributed by atoms with E-state index < -0.39 is 4.92 Å². The Morgan fingerprint density at radius 1 is 1.17 bits per heavy atom. The molecule has 0 atom stereocenters. The van der Waals surface area contributed by atoms with Crippen LogP contribution in [-0.2, 0) is 6.42 Å². The number of nitro benzene ring substituents is 1. The first-order valence-corrected chi connectivity index (χ1v) is 6.55. The zero-order valence-corrected chi connectivity index (χ0v) is 12.9. The van der Waals surface area contributed by atoms with Crippen molar-refractivity contribution >= 4 is 29.1 Å². The number of nitrogens with zero attached hydrogens (tertiary/aromatic N) is 4. The van der Waals surface area contributed by atoms with Gasteiger partial charge in [-0.3, -0.25) is 10.1 Å². The number of hydrogen-bond donors (Lipinski definition) is 2. The molecule has 122 valence electrons. The fourth-order valence-corrected chi connectivity index (χ4v) is 1.88. The molecule has 2 aromatic carbocycles. The molecule has 0 saturated carbocycles. The second-order valence-corrected chi connectivity index (χ2v) is 4.41. The lowest BCUT2D eigenvalue weighted by Gasteiger charge is -1.93. The van der Waals surface area contributed by atoms with Gasteiger partial charge in [-0.05, 0) is 29.8 Å². The fraction of sp³-hybridized carbons (Fsp3) is 0.143. The van der Waals surface area contributed by atoms with Crippen LogP contribution in [0.15, 0.2) is 48.5 Å². The highest BCUT2D eigenvalue weighted by Crippen LogP contribution is 2.21. The van der Waals surface area contributed by atoms with Crippen LogP contribution in [0.5, 0.6) is 0 Å². The number of fused-ring (bicyclic) bond motifs is 1. The zero-order valence-electron chi connectivity index (χ0n) is 12.1. The summed E-state index contributed by atoms with van der Waals surface area (Å²) in [6.07, 6.45) is 0.987. The molecule has 0 aliphatic rings. The molecule has 0 aliphatic heterocycles. The second-order valence-electron chi connectivity index (χ2n) is 4.41. The minimum absolute atomic E-state index is 0. The topological polar surface area (TPSA) is 120 Å². The van der Waals surface area contributed by atoms with Crippen molar-refractivity contribution in [3.05, 3.63) is 64.2 Å². The molecule has 0 amide bonds. The van der Waals surface area contributed by atoms with Crippen LogP contribution in [0.3, 0.4) is 0 Å². The molecule has 3 aromatic rings. The van der Waals surface area contributed by atoms with Crippen LogP contribution >= 0.6 is 12.4 Å². The Hall–Kier alpha value is -2.71. The van der Waals surface area contributed by atoms with Gasteiger partial charge in [0.15, 0.2) is 5.52 Å². The van der Waals surface area contributed by atoms with Gasteiger partial charge < -0.3 is 10.9 Å². The van der Waals surface area contributed by atoms with Gasteiger partial charge in [0.05, 0.1) is 4.92 Å². The number of aromatic nitrogens is 3. The third-order valence-electron chi connectivity index (χ3n) is 2.91. The van der Waals surface area contributed by atoms with E-state index in [-0.39, 0.29) is 29.1 Å². The minimum atomic E-state index is -0.572.